The van der Waals surface area contributed by atoms with Crippen LogP contribution in [0.1, 0.15) is 22.6 Å². The number of rotatable bonds is 4. The van der Waals surface area contributed by atoms with Gasteiger partial charge in [0.1, 0.15) is 35.6 Å². The van der Waals surface area contributed by atoms with Gasteiger partial charge >= 0.3 is 0 Å². The van der Waals surface area contributed by atoms with Crippen LogP contribution >= 0.6 is 0 Å². The van der Waals surface area contributed by atoms with Crippen LogP contribution in [0.15, 0.2) is 72.1 Å². The Balaban J connectivity index is 1.45. The van der Waals surface area contributed by atoms with E-state index in [-0.39, 0.29) is 25.1 Å². The Morgan fingerprint density at radius 2 is 1.77 bits per heavy atom. The van der Waals surface area contributed by atoms with E-state index in [1.807, 2.05) is 18.2 Å². The van der Waals surface area contributed by atoms with Gasteiger partial charge in [0.05, 0.1) is 5.92 Å². The molecule has 0 saturated carbocycles. The summed E-state index contributed by atoms with van der Waals surface area (Å²) in [5, 5.41) is 9.72. The highest BCUT2D eigenvalue weighted by Crippen LogP contribution is 2.47. The van der Waals surface area contributed by atoms with Crippen molar-refractivity contribution in [3.63, 3.8) is 0 Å². The number of nitrogens with two attached hydrogens (primary N) is 1. The minimum absolute atomic E-state index is 0.0544. The van der Waals surface area contributed by atoms with E-state index >= 15 is 0 Å². The molecule has 5 rings (SSSR count). The summed E-state index contributed by atoms with van der Waals surface area (Å²) < 4.78 is 36.1. The highest BCUT2D eigenvalue weighted by Gasteiger charge is 2.33. The molecule has 154 valence electrons. The fraction of sp³-hybridized carbons (Fsp3) is 0.125. The maximum atomic E-state index is 13.8. The van der Waals surface area contributed by atoms with Gasteiger partial charge in [0, 0.05) is 17.2 Å². The second kappa shape index (κ2) is 7.58. The summed E-state index contributed by atoms with van der Waals surface area (Å²) >= 11 is 0. The van der Waals surface area contributed by atoms with Gasteiger partial charge in [-0.15, -0.1) is 0 Å². The van der Waals surface area contributed by atoms with Gasteiger partial charge in [0.15, 0.2) is 11.5 Å². The second-order valence-electron chi connectivity index (χ2n) is 7.12. The van der Waals surface area contributed by atoms with Gasteiger partial charge < -0.3 is 24.7 Å². The lowest BCUT2D eigenvalue weighted by Crippen LogP contribution is -2.21. The number of halogens is 1. The fourth-order valence-corrected chi connectivity index (χ4v) is 3.72. The van der Waals surface area contributed by atoms with Crippen LogP contribution in [-0.4, -0.2) is 6.79 Å². The van der Waals surface area contributed by atoms with E-state index < -0.39 is 5.92 Å². The van der Waals surface area contributed by atoms with E-state index in [9.17, 15) is 9.65 Å². The van der Waals surface area contributed by atoms with Crippen molar-refractivity contribution in [1.29, 1.82) is 5.26 Å². The Labute approximate surface area is 177 Å². The number of allylic oxidation sites excluding steroid dienone is 1. The molecular weight excluding hydrogens is 399 g/mol. The van der Waals surface area contributed by atoms with Crippen LogP contribution in [0.25, 0.3) is 0 Å². The lowest BCUT2D eigenvalue weighted by Gasteiger charge is -2.26. The van der Waals surface area contributed by atoms with E-state index in [1.165, 1.54) is 6.07 Å². The standard InChI is InChI=1S/C24H17FN2O4/c25-19-4-2-1-3-15(19)12-28-16-7-5-14(6-8-16)23-17-9-21-22(30-13-29-21)10-20(17)31-24(27)18(23)11-26/h1-10,23H,12-13,27H2/t23-/m0/s1. The largest absolute Gasteiger partial charge is 0.489 e. The van der Waals surface area contributed by atoms with E-state index in [0.717, 1.165) is 11.1 Å². The summed E-state index contributed by atoms with van der Waals surface area (Å²) in [6.45, 7) is 0.247. The molecule has 1 atom stereocenters. The molecule has 0 amide bonds. The Morgan fingerprint density at radius 3 is 2.52 bits per heavy atom. The molecule has 2 N–H and O–H groups in total. The van der Waals surface area contributed by atoms with Gasteiger partial charge in [-0.2, -0.15) is 5.26 Å². The van der Waals surface area contributed by atoms with Crippen LogP contribution in [-0.2, 0) is 6.61 Å². The molecule has 0 unspecified atom stereocenters. The summed E-state index contributed by atoms with van der Waals surface area (Å²) in [5.41, 5.74) is 8.42. The van der Waals surface area contributed by atoms with E-state index in [2.05, 4.69) is 6.07 Å². The molecule has 0 aromatic heterocycles. The Bertz CT molecular complexity index is 1230. The third kappa shape index (κ3) is 3.38. The average molecular weight is 416 g/mol. The number of nitrogens with zero attached hydrogens (tertiary/aromatic N) is 1. The summed E-state index contributed by atoms with van der Waals surface area (Å²) in [4.78, 5) is 0. The van der Waals surface area contributed by atoms with Crippen molar-refractivity contribution < 1.29 is 23.3 Å². The molecule has 3 aromatic carbocycles. The average Bonchev–Trinajstić information content (AvgIpc) is 3.24. The van der Waals surface area contributed by atoms with Gasteiger partial charge in [0.2, 0.25) is 12.7 Å². The maximum absolute atomic E-state index is 13.8. The molecule has 6 nitrogen and oxygen atoms in total. The molecule has 7 heteroatoms. The SMILES string of the molecule is N#CC1=C(N)Oc2cc3c(cc2[C@@H]1c1ccc(OCc2ccccc2F)cc1)OCO3. The number of fused-ring (bicyclic) bond motifs is 2. The van der Waals surface area contributed by atoms with Crippen molar-refractivity contribution in [1.82, 2.24) is 0 Å². The lowest BCUT2D eigenvalue weighted by molar-refractivity contribution is 0.174. The predicted molar refractivity (Wildman–Crippen MR) is 109 cm³/mol. The van der Waals surface area contributed by atoms with Crippen LogP contribution in [0.2, 0.25) is 0 Å². The predicted octanol–water partition coefficient (Wildman–Crippen LogP) is 4.35. The quantitative estimate of drug-likeness (QED) is 0.680. The Morgan fingerprint density at radius 1 is 1.03 bits per heavy atom. The first kappa shape index (κ1) is 18.8. The molecule has 0 saturated heterocycles. The van der Waals surface area contributed by atoms with E-state index in [0.29, 0.717) is 34.1 Å². The zero-order chi connectivity index (χ0) is 21.4. The van der Waals surface area contributed by atoms with Crippen molar-refractivity contribution in [3.8, 4) is 29.1 Å². The van der Waals surface area contributed by atoms with Crippen molar-refractivity contribution in [3.05, 3.63) is 94.6 Å². The highest BCUT2D eigenvalue weighted by atomic mass is 19.1. The van der Waals surface area contributed by atoms with Gasteiger partial charge in [-0.1, -0.05) is 30.3 Å². The second-order valence-corrected chi connectivity index (χ2v) is 7.12. The smallest absolute Gasteiger partial charge is 0.231 e. The minimum Gasteiger partial charge on any atom is -0.489 e. The first-order valence-corrected chi connectivity index (χ1v) is 9.61. The van der Waals surface area contributed by atoms with Crippen molar-refractivity contribution in [2.45, 2.75) is 12.5 Å². The number of benzene rings is 3. The van der Waals surface area contributed by atoms with Gasteiger partial charge in [-0.05, 0) is 29.8 Å². The Kier molecular flexibility index (Phi) is 4.60. The maximum Gasteiger partial charge on any atom is 0.231 e. The van der Waals surface area contributed by atoms with E-state index in [1.54, 1.807) is 36.4 Å². The molecule has 0 radical (unpaired) electrons. The van der Waals surface area contributed by atoms with Crippen molar-refractivity contribution >= 4 is 0 Å². The molecule has 3 aromatic rings. The fourth-order valence-electron chi connectivity index (χ4n) is 3.72. The van der Waals surface area contributed by atoms with Crippen LogP contribution in [0.3, 0.4) is 0 Å². The van der Waals surface area contributed by atoms with Crippen LogP contribution in [0.5, 0.6) is 23.0 Å². The van der Waals surface area contributed by atoms with E-state index in [4.69, 9.17) is 24.7 Å². The molecule has 0 bridgehead atoms. The normalized spacial score (nSPS) is 16.3. The van der Waals surface area contributed by atoms with Gasteiger partial charge in [0.25, 0.3) is 0 Å². The summed E-state index contributed by atoms with van der Waals surface area (Å²) in [7, 11) is 0. The molecule has 0 fully saturated rings. The first-order valence-electron chi connectivity index (χ1n) is 9.61. The Hall–Kier alpha value is -4.18. The molecule has 2 heterocycles. The third-order valence-corrected chi connectivity index (χ3v) is 5.28. The highest BCUT2D eigenvalue weighted by molar-refractivity contribution is 5.61. The topological polar surface area (TPSA) is 86.7 Å². The zero-order valence-electron chi connectivity index (χ0n) is 16.3. The summed E-state index contributed by atoms with van der Waals surface area (Å²) in [5.74, 6) is 1.59. The molecule has 31 heavy (non-hydrogen) atoms. The van der Waals surface area contributed by atoms with Crippen molar-refractivity contribution in [2.24, 2.45) is 5.73 Å². The zero-order valence-corrected chi connectivity index (χ0v) is 16.3. The van der Waals surface area contributed by atoms with Crippen LogP contribution < -0.4 is 24.7 Å². The number of nitriles is 1. The summed E-state index contributed by atoms with van der Waals surface area (Å²) in [6, 6.07) is 19.4. The van der Waals surface area contributed by atoms with Crippen molar-refractivity contribution in [2.75, 3.05) is 6.79 Å². The molecule has 0 aliphatic carbocycles. The molecule has 2 aliphatic heterocycles. The third-order valence-electron chi connectivity index (χ3n) is 5.28. The lowest BCUT2D eigenvalue weighted by atomic mass is 9.83. The summed E-state index contributed by atoms with van der Waals surface area (Å²) in [6.07, 6.45) is 0. The molecule has 2 aliphatic rings. The molecular formula is C24H17FN2O4. The monoisotopic (exact) mass is 416 g/mol. The number of hydrogen-bond acceptors (Lipinski definition) is 6. The number of hydrogen-bond donors (Lipinski definition) is 1. The number of ether oxygens (including phenoxy) is 4. The van der Waals surface area contributed by atoms with Gasteiger partial charge in [-0.3, -0.25) is 0 Å². The van der Waals surface area contributed by atoms with Gasteiger partial charge in [-0.25, -0.2) is 4.39 Å². The molecule has 0 spiro atoms. The van der Waals surface area contributed by atoms with Crippen LogP contribution in [0.4, 0.5) is 4.39 Å². The minimum atomic E-state index is -0.427. The van der Waals surface area contributed by atoms with Crippen LogP contribution in [0, 0.1) is 17.1 Å². The first-order chi connectivity index (χ1) is 15.1.